The van der Waals surface area contributed by atoms with E-state index in [9.17, 15) is 42.1 Å². The Hall–Kier alpha value is -5.01. The molecule has 3 aromatic rings. The van der Waals surface area contributed by atoms with E-state index in [1.807, 2.05) is 0 Å². The Kier molecular flexibility index (Phi) is 8.57. The number of nitrogens with one attached hydrogen (secondary N) is 2. The Morgan fingerprint density at radius 3 is 2.32 bits per heavy atom. The summed E-state index contributed by atoms with van der Waals surface area (Å²) in [5.41, 5.74) is -2.27. The van der Waals surface area contributed by atoms with Crippen LogP contribution < -0.4 is 15.4 Å². The second kappa shape index (κ2) is 11.8. The molecule has 0 atom stereocenters. The molecule has 3 rings (SSSR count). The van der Waals surface area contributed by atoms with Crippen LogP contribution in [0, 0.1) is 15.9 Å². The Morgan fingerprint density at radius 1 is 0.895 bits per heavy atom. The average molecular weight is 535 g/mol. The SMILES string of the molecule is O=C(COc1ccccc1C(=O)OCC(=O)Nc1ccc(F)cc1[N+](=O)[O-])Nc1cccc(C(F)(F)F)c1. The molecular formula is C24H17F4N3O7. The number of nitrogens with zero attached hydrogens (tertiary/aromatic N) is 1. The van der Waals surface area contributed by atoms with E-state index in [4.69, 9.17) is 9.47 Å². The van der Waals surface area contributed by atoms with Crippen molar-refractivity contribution in [2.45, 2.75) is 6.18 Å². The molecule has 2 N–H and O–H groups in total. The van der Waals surface area contributed by atoms with Crippen LogP contribution in [0.5, 0.6) is 5.75 Å². The fraction of sp³-hybridized carbons (Fsp3) is 0.125. The summed E-state index contributed by atoms with van der Waals surface area (Å²) in [6, 6.07) is 11.9. The van der Waals surface area contributed by atoms with Gasteiger partial charge in [0.25, 0.3) is 17.5 Å². The minimum absolute atomic E-state index is 0.117. The standard InChI is InChI=1S/C24H17F4N3O7/c25-15-8-9-18(19(11-15)31(35)36)30-22(33)13-38-23(34)17-6-1-2-7-20(17)37-12-21(32)29-16-5-3-4-14(10-16)24(26,27)28/h1-11H,12-13H2,(H,29,32)(H,30,33). The van der Waals surface area contributed by atoms with Crippen LogP contribution in [0.1, 0.15) is 15.9 Å². The van der Waals surface area contributed by atoms with E-state index in [-0.39, 0.29) is 22.7 Å². The van der Waals surface area contributed by atoms with E-state index in [1.54, 1.807) is 0 Å². The number of hydrogen-bond acceptors (Lipinski definition) is 7. The van der Waals surface area contributed by atoms with Crippen molar-refractivity contribution >= 4 is 34.8 Å². The van der Waals surface area contributed by atoms with E-state index in [1.165, 1.54) is 30.3 Å². The fourth-order valence-electron chi connectivity index (χ4n) is 3.03. The first-order chi connectivity index (χ1) is 17.9. The maximum atomic E-state index is 13.2. The second-order valence-electron chi connectivity index (χ2n) is 7.45. The summed E-state index contributed by atoms with van der Waals surface area (Å²) < 4.78 is 61.9. The minimum Gasteiger partial charge on any atom is -0.483 e. The van der Waals surface area contributed by atoms with Gasteiger partial charge in [0.05, 0.1) is 16.6 Å². The van der Waals surface area contributed by atoms with Crippen molar-refractivity contribution in [2.75, 3.05) is 23.8 Å². The van der Waals surface area contributed by atoms with Crippen molar-refractivity contribution in [3.63, 3.8) is 0 Å². The summed E-state index contributed by atoms with van der Waals surface area (Å²) in [4.78, 5) is 46.8. The van der Waals surface area contributed by atoms with Crippen LogP contribution in [0.2, 0.25) is 0 Å². The van der Waals surface area contributed by atoms with Crippen molar-refractivity contribution in [1.82, 2.24) is 0 Å². The topological polar surface area (TPSA) is 137 Å². The number of para-hydroxylation sites is 1. The van der Waals surface area contributed by atoms with E-state index in [0.29, 0.717) is 6.07 Å². The van der Waals surface area contributed by atoms with Gasteiger partial charge >= 0.3 is 12.1 Å². The highest BCUT2D eigenvalue weighted by Crippen LogP contribution is 2.30. The lowest BCUT2D eigenvalue weighted by molar-refractivity contribution is -0.384. The zero-order valence-electron chi connectivity index (χ0n) is 19.1. The molecule has 0 aliphatic heterocycles. The maximum Gasteiger partial charge on any atom is 0.416 e. The zero-order valence-corrected chi connectivity index (χ0v) is 19.1. The molecular weight excluding hydrogens is 518 g/mol. The van der Waals surface area contributed by atoms with E-state index in [2.05, 4.69) is 10.6 Å². The molecule has 0 fully saturated rings. The molecule has 0 saturated carbocycles. The molecule has 0 aliphatic rings. The van der Waals surface area contributed by atoms with Gasteiger partial charge in [-0.05, 0) is 42.5 Å². The molecule has 2 amide bonds. The van der Waals surface area contributed by atoms with Crippen LogP contribution in [0.3, 0.4) is 0 Å². The second-order valence-corrected chi connectivity index (χ2v) is 7.45. The fourth-order valence-corrected chi connectivity index (χ4v) is 3.03. The van der Waals surface area contributed by atoms with Gasteiger partial charge in [-0.3, -0.25) is 19.7 Å². The van der Waals surface area contributed by atoms with Gasteiger partial charge in [0.1, 0.15) is 22.8 Å². The number of benzene rings is 3. The van der Waals surface area contributed by atoms with E-state index < -0.39 is 59.2 Å². The normalized spacial score (nSPS) is 10.8. The first-order valence-corrected chi connectivity index (χ1v) is 10.5. The highest BCUT2D eigenvalue weighted by atomic mass is 19.4. The van der Waals surface area contributed by atoms with Crippen LogP contribution in [0.25, 0.3) is 0 Å². The number of anilines is 2. The number of nitro groups is 1. The average Bonchev–Trinajstić information content (AvgIpc) is 2.87. The minimum atomic E-state index is -4.60. The highest BCUT2D eigenvalue weighted by molar-refractivity contribution is 5.98. The third kappa shape index (κ3) is 7.49. The molecule has 0 aliphatic carbocycles. The Labute approximate surface area is 211 Å². The van der Waals surface area contributed by atoms with Gasteiger partial charge in [0, 0.05) is 5.69 Å². The molecule has 0 heterocycles. The van der Waals surface area contributed by atoms with Crippen LogP contribution in [0.4, 0.5) is 34.6 Å². The van der Waals surface area contributed by atoms with Gasteiger partial charge in [0.15, 0.2) is 13.2 Å². The molecule has 0 saturated heterocycles. The van der Waals surface area contributed by atoms with Gasteiger partial charge in [-0.15, -0.1) is 0 Å². The first kappa shape index (κ1) is 27.6. The number of nitro benzene ring substituents is 1. The monoisotopic (exact) mass is 535 g/mol. The van der Waals surface area contributed by atoms with Gasteiger partial charge in [-0.1, -0.05) is 18.2 Å². The Balaban J connectivity index is 1.58. The summed E-state index contributed by atoms with van der Waals surface area (Å²) >= 11 is 0. The lowest BCUT2D eigenvalue weighted by Gasteiger charge is -2.12. The summed E-state index contributed by atoms with van der Waals surface area (Å²) in [5.74, 6) is -3.81. The van der Waals surface area contributed by atoms with Crippen molar-refractivity contribution in [2.24, 2.45) is 0 Å². The quantitative estimate of drug-likeness (QED) is 0.177. The predicted molar refractivity (Wildman–Crippen MR) is 124 cm³/mol. The molecule has 3 aromatic carbocycles. The Morgan fingerprint density at radius 2 is 1.61 bits per heavy atom. The van der Waals surface area contributed by atoms with Gasteiger partial charge in [0.2, 0.25) is 0 Å². The predicted octanol–water partition coefficient (Wildman–Crippen LogP) is 4.57. The lowest BCUT2D eigenvalue weighted by atomic mass is 10.2. The van der Waals surface area contributed by atoms with Gasteiger partial charge < -0.3 is 20.1 Å². The largest absolute Gasteiger partial charge is 0.483 e. The zero-order chi connectivity index (χ0) is 27.9. The molecule has 0 bridgehead atoms. The maximum absolute atomic E-state index is 13.2. The summed E-state index contributed by atoms with van der Waals surface area (Å²) in [5, 5.41) is 15.4. The number of hydrogen-bond donors (Lipinski definition) is 2. The van der Waals surface area contributed by atoms with Crippen LogP contribution >= 0.6 is 0 Å². The Bertz CT molecular complexity index is 1380. The van der Waals surface area contributed by atoms with Crippen LogP contribution in [0.15, 0.2) is 66.7 Å². The molecule has 0 unspecified atom stereocenters. The summed E-state index contributed by atoms with van der Waals surface area (Å²) in [6.07, 6.45) is -4.60. The van der Waals surface area contributed by atoms with E-state index in [0.717, 1.165) is 30.3 Å². The van der Waals surface area contributed by atoms with Crippen molar-refractivity contribution in [3.05, 3.63) is 93.8 Å². The number of rotatable bonds is 9. The molecule has 38 heavy (non-hydrogen) atoms. The van der Waals surface area contributed by atoms with Crippen molar-refractivity contribution in [3.8, 4) is 5.75 Å². The number of carbonyl (C=O) groups excluding carboxylic acids is 3. The third-order valence-electron chi connectivity index (χ3n) is 4.70. The smallest absolute Gasteiger partial charge is 0.416 e. The highest BCUT2D eigenvalue weighted by Gasteiger charge is 2.30. The number of esters is 1. The van der Waals surface area contributed by atoms with Crippen LogP contribution in [-0.2, 0) is 20.5 Å². The van der Waals surface area contributed by atoms with Crippen LogP contribution in [-0.4, -0.2) is 35.9 Å². The van der Waals surface area contributed by atoms with Crippen molar-refractivity contribution in [1.29, 1.82) is 0 Å². The number of carbonyl (C=O) groups is 3. The molecule has 10 nitrogen and oxygen atoms in total. The summed E-state index contributed by atoms with van der Waals surface area (Å²) in [6.45, 7) is -1.53. The number of halogens is 4. The number of amides is 2. The van der Waals surface area contributed by atoms with Gasteiger partial charge in [-0.25, -0.2) is 9.18 Å². The summed E-state index contributed by atoms with van der Waals surface area (Å²) in [7, 11) is 0. The first-order valence-electron chi connectivity index (χ1n) is 10.5. The number of alkyl halides is 3. The molecule has 198 valence electrons. The molecule has 0 radical (unpaired) electrons. The molecule has 14 heteroatoms. The molecule has 0 aromatic heterocycles. The third-order valence-corrected chi connectivity index (χ3v) is 4.70. The van der Waals surface area contributed by atoms with E-state index >= 15 is 0 Å². The number of ether oxygens (including phenoxy) is 2. The van der Waals surface area contributed by atoms with Crippen molar-refractivity contribution < 1.29 is 46.3 Å². The van der Waals surface area contributed by atoms with Gasteiger partial charge in [-0.2, -0.15) is 13.2 Å². The lowest BCUT2D eigenvalue weighted by Crippen LogP contribution is -2.23. The molecule has 0 spiro atoms.